The van der Waals surface area contributed by atoms with Crippen LogP contribution in [0.25, 0.3) is 0 Å². The molecule has 1 aliphatic rings. The lowest BCUT2D eigenvalue weighted by atomic mass is 9.98. The predicted molar refractivity (Wildman–Crippen MR) is 106 cm³/mol. The van der Waals surface area contributed by atoms with Gasteiger partial charge in [-0.1, -0.05) is 6.07 Å². The third kappa shape index (κ3) is 4.01. The molecule has 1 unspecified atom stereocenters. The number of thiazole rings is 1. The first-order chi connectivity index (χ1) is 14.0. The number of sulfonamides is 1. The molecule has 2 aromatic rings. The lowest BCUT2D eigenvalue weighted by molar-refractivity contribution is -0.137. The first-order valence-electron chi connectivity index (χ1n) is 8.67. The van der Waals surface area contributed by atoms with Crippen LogP contribution in [-0.4, -0.2) is 59.3 Å². The summed E-state index contributed by atoms with van der Waals surface area (Å²) >= 11 is 1.17. The Hall–Kier alpha value is -2.96. The Morgan fingerprint density at radius 3 is 2.57 bits per heavy atom. The number of anilines is 1. The molecule has 12 heteroatoms. The Kier molecular flexibility index (Phi) is 5.83. The second-order valence-electron chi connectivity index (χ2n) is 6.58. The van der Waals surface area contributed by atoms with E-state index in [4.69, 9.17) is 5.11 Å². The molecule has 1 atom stereocenters. The maximum atomic E-state index is 13.0. The van der Waals surface area contributed by atoms with Gasteiger partial charge in [0, 0.05) is 35.7 Å². The van der Waals surface area contributed by atoms with E-state index in [0.29, 0.717) is 4.31 Å². The van der Waals surface area contributed by atoms with Gasteiger partial charge in [-0.05, 0) is 19.1 Å². The van der Waals surface area contributed by atoms with Crippen molar-refractivity contribution in [1.82, 2.24) is 9.29 Å². The van der Waals surface area contributed by atoms with Crippen molar-refractivity contribution in [2.75, 3.05) is 12.4 Å². The zero-order valence-corrected chi connectivity index (χ0v) is 17.5. The predicted octanol–water partition coefficient (Wildman–Crippen LogP) is 1.32. The molecule has 0 aliphatic carbocycles. The van der Waals surface area contributed by atoms with Crippen molar-refractivity contribution >= 4 is 49.9 Å². The van der Waals surface area contributed by atoms with Crippen molar-refractivity contribution in [3.05, 3.63) is 40.4 Å². The molecule has 2 N–H and O–H groups in total. The Labute approximate surface area is 175 Å². The number of fused-ring (bicyclic) bond motifs is 1. The molecule has 2 heterocycles. The van der Waals surface area contributed by atoms with Crippen LogP contribution in [0.15, 0.2) is 29.3 Å². The number of carbonyl (C=O) groups excluding carboxylic acids is 3. The van der Waals surface area contributed by atoms with Crippen molar-refractivity contribution in [3.8, 4) is 0 Å². The molecule has 0 spiro atoms. The van der Waals surface area contributed by atoms with Gasteiger partial charge in [-0.15, -0.1) is 11.3 Å². The van der Waals surface area contributed by atoms with E-state index in [1.165, 1.54) is 23.6 Å². The standard InChI is InChI=1S/C18H17N3O7S2/c1-9-8-19-18(29-9)20-17(26)15-16(25)11-7-10(12(22)4-6-14(23)24)3-5-13(11)30(27,28)21(15)2/h3,5,7-8,15H,4,6H2,1-2H3,(H,23,24)(H,19,20,26). The number of rotatable bonds is 6. The molecule has 1 amide bonds. The summed E-state index contributed by atoms with van der Waals surface area (Å²) in [4.78, 5) is 53.0. The van der Waals surface area contributed by atoms with Gasteiger partial charge in [0.15, 0.2) is 22.7 Å². The number of ketones is 2. The average molecular weight is 451 g/mol. The van der Waals surface area contributed by atoms with Crippen LogP contribution in [0.2, 0.25) is 0 Å². The molecular formula is C18H17N3O7S2. The van der Waals surface area contributed by atoms with Crippen molar-refractivity contribution < 1.29 is 32.7 Å². The minimum atomic E-state index is -4.17. The molecule has 1 aliphatic heterocycles. The van der Waals surface area contributed by atoms with Crippen molar-refractivity contribution in [2.24, 2.45) is 0 Å². The van der Waals surface area contributed by atoms with Crippen LogP contribution in [0, 0.1) is 6.92 Å². The number of carboxylic acids is 1. The number of likely N-dealkylation sites (N-methyl/N-ethyl adjacent to an activating group) is 1. The number of carboxylic acid groups (broad SMARTS) is 1. The molecule has 0 saturated heterocycles. The van der Waals surface area contributed by atoms with Crippen LogP contribution in [-0.2, 0) is 19.6 Å². The lowest BCUT2D eigenvalue weighted by Gasteiger charge is -2.31. The Morgan fingerprint density at radius 2 is 1.97 bits per heavy atom. The highest BCUT2D eigenvalue weighted by atomic mass is 32.2. The quantitative estimate of drug-likeness (QED) is 0.493. The first kappa shape index (κ1) is 21.7. The van der Waals surface area contributed by atoms with E-state index in [0.717, 1.165) is 24.1 Å². The van der Waals surface area contributed by atoms with Gasteiger partial charge in [-0.2, -0.15) is 4.31 Å². The Bertz CT molecular complexity index is 1170. The zero-order chi connectivity index (χ0) is 22.2. The highest BCUT2D eigenvalue weighted by Gasteiger charge is 2.45. The molecule has 3 rings (SSSR count). The number of nitrogens with one attached hydrogen (secondary N) is 1. The number of aryl methyl sites for hydroxylation is 1. The fourth-order valence-electron chi connectivity index (χ4n) is 2.96. The number of nitrogens with zero attached hydrogens (tertiary/aromatic N) is 2. The topological polar surface area (TPSA) is 151 Å². The molecule has 0 fully saturated rings. The van der Waals surface area contributed by atoms with Crippen LogP contribution in [0.1, 0.15) is 38.4 Å². The molecule has 10 nitrogen and oxygen atoms in total. The molecular weight excluding hydrogens is 434 g/mol. The normalized spacial score (nSPS) is 17.9. The van der Waals surface area contributed by atoms with Gasteiger partial charge in [-0.25, -0.2) is 13.4 Å². The highest BCUT2D eigenvalue weighted by Crippen LogP contribution is 2.31. The summed E-state index contributed by atoms with van der Waals surface area (Å²) in [6, 6.07) is 1.77. The minimum Gasteiger partial charge on any atom is -0.481 e. The number of hydrogen-bond donors (Lipinski definition) is 2. The SMILES string of the molecule is Cc1cnc(NC(=O)C2C(=O)c3cc(C(=O)CCC(=O)O)ccc3S(=O)(=O)N2C)s1. The molecule has 0 bridgehead atoms. The maximum Gasteiger partial charge on any atom is 0.303 e. The monoisotopic (exact) mass is 451 g/mol. The summed E-state index contributed by atoms with van der Waals surface area (Å²) in [5.74, 6) is -3.37. The smallest absolute Gasteiger partial charge is 0.303 e. The number of Topliss-reactive ketones (excluding diaryl/α,β-unsaturated/α-hetero) is 2. The van der Waals surface area contributed by atoms with Crippen LogP contribution < -0.4 is 5.32 Å². The van der Waals surface area contributed by atoms with Crippen LogP contribution in [0.4, 0.5) is 5.13 Å². The average Bonchev–Trinajstić information content (AvgIpc) is 3.09. The number of aromatic nitrogens is 1. The van der Waals surface area contributed by atoms with E-state index in [9.17, 15) is 27.6 Å². The zero-order valence-electron chi connectivity index (χ0n) is 15.9. The van der Waals surface area contributed by atoms with E-state index >= 15 is 0 Å². The van der Waals surface area contributed by atoms with E-state index in [2.05, 4.69) is 10.3 Å². The molecule has 0 saturated carbocycles. The molecule has 0 radical (unpaired) electrons. The van der Waals surface area contributed by atoms with Gasteiger partial charge < -0.3 is 10.4 Å². The van der Waals surface area contributed by atoms with Gasteiger partial charge in [-0.3, -0.25) is 19.2 Å². The van der Waals surface area contributed by atoms with Gasteiger partial charge in [0.2, 0.25) is 10.0 Å². The van der Waals surface area contributed by atoms with Crippen molar-refractivity contribution in [1.29, 1.82) is 0 Å². The summed E-state index contributed by atoms with van der Waals surface area (Å²) in [5, 5.41) is 11.4. The number of amides is 1. The third-order valence-electron chi connectivity index (χ3n) is 4.50. The summed E-state index contributed by atoms with van der Waals surface area (Å²) in [6.07, 6.45) is 0.819. The van der Waals surface area contributed by atoms with Gasteiger partial charge in [0.25, 0.3) is 5.91 Å². The fraction of sp³-hybridized carbons (Fsp3) is 0.278. The molecule has 1 aromatic carbocycles. The van der Waals surface area contributed by atoms with Crippen molar-refractivity contribution in [2.45, 2.75) is 30.7 Å². The van der Waals surface area contributed by atoms with Gasteiger partial charge in [0.1, 0.15) is 0 Å². The Balaban J connectivity index is 1.97. The van der Waals surface area contributed by atoms with Gasteiger partial charge in [0.05, 0.1) is 11.3 Å². The summed E-state index contributed by atoms with van der Waals surface area (Å²) < 4.78 is 26.4. The van der Waals surface area contributed by atoms with Crippen LogP contribution >= 0.6 is 11.3 Å². The number of benzene rings is 1. The number of hydrogen-bond acceptors (Lipinski definition) is 8. The van der Waals surface area contributed by atoms with Crippen LogP contribution in [0.3, 0.4) is 0 Å². The van der Waals surface area contributed by atoms with Crippen molar-refractivity contribution in [3.63, 3.8) is 0 Å². The van der Waals surface area contributed by atoms with Crippen LogP contribution in [0.5, 0.6) is 0 Å². The maximum absolute atomic E-state index is 13.0. The Morgan fingerprint density at radius 1 is 1.27 bits per heavy atom. The number of aliphatic carboxylic acids is 1. The largest absolute Gasteiger partial charge is 0.481 e. The van der Waals surface area contributed by atoms with E-state index in [1.807, 2.05) is 0 Å². The second kappa shape index (κ2) is 8.05. The third-order valence-corrected chi connectivity index (χ3v) is 7.21. The summed E-state index contributed by atoms with van der Waals surface area (Å²) in [5.41, 5.74) is -0.289. The summed E-state index contributed by atoms with van der Waals surface area (Å²) in [6.45, 7) is 1.77. The molecule has 30 heavy (non-hydrogen) atoms. The first-order valence-corrected chi connectivity index (χ1v) is 10.9. The summed E-state index contributed by atoms with van der Waals surface area (Å²) in [7, 11) is -3.05. The second-order valence-corrected chi connectivity index (χ2v) is 9.78. The van der Waals surface area contributed by atoms with E-state index in [1.54, 1.807) is 6.92 Å². The minimum absolute atomic E-state index is 0.00203. The fourth-order valence-corrected chi connectivity index (χ4v) is 5.09. The number of carbonyl (C=O) groups is 4. The lowest BCUT2D eigenvalue weighted by Crippen LogP contribution is -2.53. The van der Waals surface area contributed by atoms with Gasteiger partial charge >= 0.3 is 5.97 Å². The van der Waals surface area contributed by atoms with E-state index < -0.39 is 45.9 Å². The highest BCUT2D eigenvalue weighted by molar-refractivity contribution is 7.89. The van der Waals surface area contributed by atoms with E-state index in [-0.39, 0.29) is 27.6 Å². The molecule has 158 valence electrons. The molecule has 1 aromatic heterocycles.